The lowest BCUT2D eigenvalue weighted by atomic mass is 9.71. The smallest absolute Gasteiger partial charge is 0.418 e. The van der Waals surface area contributed by atoms with Gasteiger partial charge in [-0.2, -0.15) is 0 Å². The molecule has 1 fully saturated rings. The van der Waals surface area contributed by atoms with Gasteiger partial charge in [0.1, 0.15) is 5.69 Å². The van der Waals surface area contributed by atoms with Crippen LogP contribution in [0.2, 0.25) is 0 Å². The topological polar surface area (TPSA) is 128 Å². The van der Waals surface area contributed by atoms with Crippen molar-refractivity contribution in [2.45, 2.75) is 37.2 Å². The highest BCUT2D eigenvalue weighted by Gasteiger charge is 2.55. The van der Waals surface area contributed by atoms with Gasteiger partial charge in [-0.05, 0) is 37.8 Å². The maximum Gasteiger partial charge on any atom is 0.418 e. The van der Waals surface area contributed by atoms with Crippen LogP contribution in [0.3, 0.4) is 0 Å². The molecule has 1 spiro atoms. The van der Waals surface area contributed by atoms with Gasteiger partial charge in [0.2, 0.25) is 5.91 Å². The SMILES string of the molecule is O=C(O)c1ccc2c(n1)[C@]1(CC[C@@H](O)CC1)C(=O)N2C(=O)O. The van der Waals surface area contributed by atoms with Crippen molar-refractivity contribution in [3.63, 3.8) is 0 Å². The lowest BCUT2D eigenvalue weighted by Crippen LogP contribution is -2.45. The Morgan fingerprint density at radius 1 is 1.23 bits per heavy atom. The number of amides is 2. The lowest BCUT2D eigenvalue weighted by molar-refractivity contribution is -0.124. The fourth-order valence-corrected chi connectivity index (χ4v) is 3.26. The first kappa shape index (κ1) is 14.5. The molecule has 0 radical (unpaired) electrons. The van der Waals surface area contributed by atoms with Crippen LogP contribution in [0.25, 0.3) is 0 Å². The number of aliphatic hydroxyl groups excluding tert-OH is 1. The van der Waals surface area contributed by atoms with Crippen LogP contribution >= 0.6 is 0 Å². The molecule has 2 amide bonds. The van der Waals surface area contributed by atoms with Gasteiger partial charge in [0.15, 0.2) is 0 Å². The zero-order valence-corrected chi connectivity index (χ0v) is 11.5. The largest absolute Gasteiger partial charge is 0.477 e. The average Bonchev–Trinajstić information content (AvgIpc) is 2.71. The third kappa shape index (κ3) is 1.87. The summed E-state index contributed by atoms with van der Waals surface area (Å²) in [6.45, 7) is 0. The summed E-state index contributed by atoms with van der Waals surface area (Å²) in [5.74, 6) is -1.85. The molecule has 2 heterocycles. The van der Waals surface area contributed by atoms with E-state index in [1.807, 2.05) is 0 Å². The number of aromatic carboxylic acids is 1. The van der Waals surface area contributed by atoms with E-state index in [4.69, 9.17) is 5.11 Å². The molecular formula is C14H14N2O6. The minimum absolute atomic E-state index is 0.110. The Hall–Kier alpha value is -2.48. The van der Waals surface area contributed by atoms with Gasteiger partial charge < -0.3 is 15.3 Å². The molecule has 1 aromatic rings. The molecule has 0 saturated heterocycles. The Balaban J connectivity index is 2.17. The van der Waals surface area contributed by atoms with Crippen LogP contribution in [0.5, 0.6) is 0 Å². The molecule has 8 heteroatoms. The van der Waals surface area contributed by atoms with E-state index in [0.717, 1.165) is 0 Å². The summed E-state index contributed by atoms with van der Waals surface area (Å²) in [5, 5.41) is 28.0. The third-order valence-corrected chi connectivity index (χ3v) is 4.40. The van der Waals surface area contributed by atoms with Crippen molar-refractivity contribution in [3.05, 3.63) is 23.5 Å². The van der Waals surface area contributed by atoms with E-state index in [9.17, 15) is 24.6 Å². The predicted octanol–water partition coefficient (Wildman–Crippen LogP) is 0.977. The molecule has 0 atom stereocenters. The molecule has 1 aliphatic heterocycles. The van der Waals surface area contributed by atoms with E-state index in [-0.39, 0.29) is 29.9 Å². The monoisotopic (exact) mass is 306 g/mol. The number of hydrogen-bond acceptors (Lipinski definition) is 5. The molecule has 1 aromatic heterocycles. The molecule has 0 aromatic carbocycles. The summed E-state index contributed by atoms with van der Waals surface area (Å²) in [6.07, 6.45) is -0.767. The zero-order chi connectivity index (χ0) is 16.1. The van der Waals surface area contributed by atoms with E-state index < -0.39 is 29.5 Å². The number of imide groups is 1. The number of carbonyl (C=O) groups excluding carboxylic acids is 1. The second-order valence-electron chi connectivity index (χ2n) is 5.61. The Kier molecular flexibility index (Phi) is 3.13. The molecule has 22 heavy (non-hydrogen) atoms. The number of rotatable bonds is 1. The Labute approximate surface area is 125 Å². The molecule has 3 N–H and O–H groups in total. The maximum atomic E-state index is 12.6. The minimum atomic E-state index is -1.42. The minimum Gasteiger partial charge on any atom is -0.477 e. The Morgan fingerprint density at radius 2 is 1.86 bits per heavy atom. The van der Waals surface area contributed by atoms with Gasteiger partial charge >= 0.3 is 12.1 Å². The van der Waals surface area contributed by atoms with Crippen molar-refractivity contribution < 1.29 is 29.7 Å². The van der Waals surface area contributed by atoms with Gasteiger partial charge in [0, 0.05) is 0 Å². The van der Waals surface area contributed by atoms with E-state index in [1.165, 1.54) is 12.1 Å². The first-order chi connectivity index (χ1) is 10.4. The first-order valence-corrected chi connectivity index (χ1v) is 6.87. The molecule has 0 bridgehead atoms. The number of fused-ring (bicyclic) bond motifs is 2. The van der Waals surface area contributed by atoms with Crippen LogP contribution < -0.4 is 4.90 Å². The van der Waals surface area contributed by atoms with Crippen molar-refractivity contribution in [2.75, 3.05) is 4.90 Å². The first-order valence-electron chi connectivity index (χ1n) is 6.87. The normalized spacial score (nSPS) is 27.0. The highest BCUT2D eigenvalue weighted by molar-refractivity contribution is 6.20. The van der Waals surface area contributed by atoms with E-state index >= 15 is 0 Å². The second kappa shape index (κ2) is 4.77. The highest BCUT2D eigenvalue weighted by Crippen LogP contribution is 2.49. The van der Waals surface area contributed by atoms with Crippen LogP contribution in [-0.4, -0.2) is 44.4 Å². The van der Waals surface area contributed by atoms with Crippen molar-refractivity contribution in [2.24, 2.45) is 0 Å². The lowest BCUT2D eigenvalue weighted by Gasteiger charge is -2.33. The van der Waals surface area contributed by atoms with Crippen LogP contribution in [0.1, 0.15) is 41.9 Å². The van der Waals surface area contributed by atoms with E-state index in [1.54, 1.807) is 0 Å². The molecule has 2 aliphatic rings. The summed E-state index contributed by atoms with van der Waals surface area (Å²) in [6, 6.07) is 2.48. The second-order valence-corrected chi connectivity index (χ2v) is 5.61. The number of carboxylic acids is 1. The van der Waals surface area contributed by atoms with Gasteiger partial charge in [-0.3, -0.25) is 4.79 Å². The molecule has 8 nitrogen and oxygen atoms in total. The van der Waals surface area contributed by atoms with Gasteiger partial charge in [0.05, 0.1) is 22.9 Å². The van der Waals surface area contributed by atoms with Crippen LogP contribution in [-0.2, 0) is 10.2 Å². The molecule has 116 valence electrons. The van der Waals surface area contributed by atoms with Crippen LogP contribution in [0.15, 0.2) is 12.1 Å². The van der Waals surface area contributed by atoms with Crippen molar-refractivity contribution in [1.82, 2.24) is 4.98 Å². The number of aliphatic hydroxyl groups is 1. The number of anilines is 1. The van der Waals surface area contributed by atoms with Crippen molar-refractivity contribution in [3.8, 4) is 0 Å². The Bertz CT molecular complexity index is 678. The van der Waals surface area contributed by atoms with Gasteiger partial charge in [0.25, 0.3) is 0 Å². The highest BCUT2D eigenvalue weighted by atomic mass is 16.4. The number of aromatic nitrogens is 1. The summed E-state index contributed by atoms with van der Waals surface area (Å²) < 4.78 is 0. The maximum absolute atomic E-state index is 12.6. The number of hydrogen-bond donors (Lipinski definition) is 3. The molecular weight excluding hydrogens is 292 g/mol. The van der Waals surface area contributed by atoms with Crippen LogP contribution in [0.4, 0.5) is 10.5 Å². The van der Waals surface area contributed by atoms with Gasteiger partial charge in [-0.25, -0.2) is 19.5 Å². The fraction of sp³-hybridized carbons (Fsp3) is 0.429. The fourth-order valence-electron chi connectivity index (χ4n) is 3.26. The molecule has 1 saturated carbocycles. The Morgan fingerprint density at radius 3 is 2.41 bits per heavy atom. The van der Waals surface area contributed by atoms with E-state index in [2.05, 4.69) is 4.98 Å². The quantitative estimate of drug-likeness (QED) is 0.705. The van der Waals surface area contributed by atoms with Crippen molar-refractivity contribution >= 4 is 23.7 Å². The molecule has 3 rings (SSSR count). The molecule has 0 unspecified atom stereocenters. The number of nitrogens with zero attached hydrogens (tertiary/aromatic N) is 2. The van der Waals surface area contributed by atoms with E-state index in [0.29, 0.717) is 17.7 Å². The summed E-state index contributed by atoms with van der Waals surface area (Å²) in [5.41, 5.74) is -1.09. The number of pyridine rings is 1. The number of carbonyl (C=O) groups is 3. The average molecular weight is 306 g/mol. The predicted molar refractivity (Wildman–Crippen MR) is 72.9 cm³/mol. The van der Waals surface area contributed by atoms with Crippen molar-refractivity contribution in [1.29, 1.82) is 0 Å². The summed E-state index contributed by atoms with van der Waals surface area (Å²) >= 11 is 0. The molecule has 1 aliphatic carbocycles. The zero-order valence-electron chi connectivity index (χ0n) is 11.5. The van der Waals surface area contributed by atoms with Crippen LogP contribution in [0, 0.1) is 0 Å². The number of carboxylic acid groups (broad SMARTS) is 2. The van der Waals surface area contributed by atoms with Gasteiger partial charge in [-0.15, -0.1) is 0 Å². The summed E-state index contributed by atoms with van der Waals surface area (Å²) in [4.78, 5) is 39.8. The summed E-state index contributed by atoms with van der Waals surface area (Å²) in [7, 11) is 0. The van der Waals surface area contributed by atoms with Gasteiger partial charge in [-0.1, -0.05) is 0 Å². The third-order valence-electron chi connectivity index (χ3n) is 4.40. The standard InChI is InChI=1S/C14H14N2O6/c17-7-3-5-14(6-4-7)10-9(16(12(14)20)13(21)22)2-1-8(15-10)11(18)19/h1-2,7,17H,3-6H2,(H,18,19)(H,21,22)/t7-,14-.